The van der Waals surface area contributed by atoms with Gasteiger partial charge in [0, 0.05) is 6.54 Å². The molecule has 0 saturated carbocycles. The van der Waals surface area contributed by atoms with Crippen molar-refractivity contribution in [3.8, 4) is 0 Å². The van der Waals surface area contributed by atoms with Crippen LogP contribution in [0, 0.1) is 17.6 Å². The van der Waals surface area contributed by atoms with Gasteiger partial charge in [0.2, 0.25) is 0 Å². The number of methoxy groups -OCH3 is 1. The highest BCUT2D eigenvalue weighted by atomic mass is 19.2. The molecule has 1 heterocycles. The number of hydrogen-bond acceptors (Lipinski definition) is 4. The van der Waals surface area contributed by atoms with Crippen molar-refractivity contribution < 1.29 is 23.4 Å². The van der Waals surface area contributed by atoms with Gasteiger partial charge in [-0.15, -0.1) is 0 Å². The number of hydrogen-bond donors (Lipinski definition) is 1. The van der Waals surface area contributed by atoms with Crippen LogP contribution in [0.1, 0.15) is 24.5 Å². The molecule has 2 rings (SSSR count). The van der Waals surface area contributed by atoms with Crippen LogP contribution in [0.25, 0.3) is 0 Å². The number of esters is 1. The second-order valence-electron chi connectivity index (χ2n) is 5.29. The van der Waals surface area contributed by atoms with Gasteiger partial charge in [0.1, 0.15) is 0 Å². The van der Waals surface area contributed by atoms with Crippen LogP contribution >= 0.6 is 0 Å². The third kappa shape index (κ3) is 3.98. The predicted molar refractivity (Wildman–Crippen MR) is 72.5 cm³/mol. The van der Waals surface area contributed by atoms with E-state index in [0.29, 0.717) is 38.0 Å². The first-order valence-electron chi connectivity index (χ1n) is 6.94. The number of carbonyl (C=O) groups is 1. The topological polar surface area (TPSA) is 49.8 Å². The number of halogens is 2. The number of ether oxygens (including phenoxy) is 1. The molecule has 0 aliphatic carbocycles. The first kappa shape index (κ1) is 15.9. The van der Waals surface area contributed by atoms with Crippen molar-refractivity contribution in [3.63, 3.8) is 0 Å². The average molecular weight is 299 g/mol. The van der Waals surface area contributed by atoms with E-state index in [9.17, 15) is 18.7 Å². The van der Waals surface area contributed by atoms with Crippen LogP contribution in [0.5, 0.6) is 0 Å². The molecule has 4 nitrogen and oxygen atoms in total. The summed E-state index contributed by atoms with van der Waals surface area (Å²) in [5.41, 5.74) is 0.351. The molecule has 1 atom stereocenters. The lowest BCUT2D eigenvalue weighted by atomic mass is 9.96. The van der Waals surface area contributed by atoms with Crippen LogP contribution in [0.4, 0.5) is 8.78 Å². The Morgan fingerprint density at radius 2 is 2.05 bits per heavy atom. The molecule has 1 unspecified atom stereocenters. The van der Waals surface area contributed by atoms with Crippen molar-refractivity contribution in [1.29, 1.82) is 0 Å². The Hall–Kier alpha value is -1.53. The van der Waals surface area contributed by atoms with Crippen LogP contribution in [-0.2, 0) is 9.53 Å². The normalized spacial score (nSPS) is 18.5. The Morgan fingerprint density at radius 3 is 2.62 bits per heavy atom. The van der Waals surface area contributed by atoms with Gasteiger partial charge in [-0.1, -0.05) is 6.07 Å². The molecule has 0 radical (unpaired) electrons. The molecular weight excluding hydrogens is 280 g/mol. The lowest BCUT2D eigenvalue weighted by Gasteiger charge is -2.32. The van der Waals surface area contributed by atoms with Crippen LogP contribution in [0.3, 0.4) is 0 Å². The maximum absolute atomic E-state index is 13.1. The molecule has 1 saturated heterocycles. The maximum Gasteiger partial charge on any atom is 0.308 e. The molecule has 6 heteroatoms. The van der Waals surface area contributed by atoms with Gasteiger partial charge in [-0.25, -0.2) is 8.78 Å². The van der Waals surface area contributed by atoms with Gasteiger partial charge >= 0.3 is 5.97 Å². The maximum atomic E-state index is 13.1. The lowest BCUT2D eigenvalue weighted by molar-refractivity contribution is -0.147. The van der Waals surface area contributed by atoms with Gasteiger partial charge in [-0.05, 0) is 43.6 Å². The number of aliphatic hydroxyl groups excluding tert-OH is 1. The van der Waals surface area contributed by atoms with Gasteiger partial charge in [0.15, 0.2) is 11.6 Å². The summed E-state index contributed by atoms with van der Waals surface area (Å²) in [5.74, 6) is -2.18. The summed E-state index contributed by atoms with van der Waals surface area (Å²) < 4.78 is 30.7. The minimum Gasteiger partial charge on any atom is -0.469 e. The van der Waals surface area contributed by atoms with Crippen molar-refractivity contribution in [2.24, 2.45) is 5.92 Å². The predicted octanol–water partition coefficient (Wildman–Crippen LogP) is 1.88. The number of benzene rings is 1. The van der Waals surface area contributed by atoms with E-state index in [1.165, 1.54) is 13.2 Å². The van der Waals surface area contributed by atoms with Crippen LogP contribution in [-0.4, -0.2) is 42.7 Å². The zero-order valence-corrected chi connectivity index (χ0v) is 11.9. The number of likely N-dealkylation sites (tertiary alicyclic amines) is 1. The summed E-state index contributed by atoms with van der Waals surface area (Å²) in [5, 5.41) is 10.1. The molecule has 1 aliphatic rings. The monoisotopic (exact) mass is 299 g/mol. The number of aliphatic hydroxyl groups is 1. The summed E-state index contributed by atoms with van der Waals surface area (Å²) >= 11 is 0. The number of carbonyl (C=O) groups excluding carboxylic acids is 1. The van der Waals surface area contributed by atoms with Gasteiger partial charge < -0.3 is 14.7 Å². The van der Waals surface area contributed by atoms with Gasteiger partial charge in [-0.3, -0.25) is 4.79 Å². The first-order valence-corrected chi connectivity index (χ1v) is 6.94. The highest BCUT2D eigenvalue weighted by molar-refractivity contribution is 5.72. The summed E-state index contributed by atoms with van der Waals surface area (Å²) in [6.07, 6.45) is 0.476. The zero-order valence-electron chi connectivity index (χ0n) is 11.9. The number of piperidine rings is 1. The zero-order chi connectivity index (χ0) is 15.4. The Bertz CT molecular complexity index is 502. The van der Waals surface area contributed by atoms with E-state index in [-0.39, 0.29) is 11.9 Å². The Morgan fingerprint density at radius 1 is 1.38 bits per heavy atom. The van der Waals surface area contributed by atoms with Crippen LogP contribution < -0.4 is 0 Å². The second-order valence-corrected chi connectivity index (χ2v) is 5.29. The van der Waals surface area contributed by atoms with Crippen LogP contribution in [0.15, 0.2) is 18.2 Å². The van der Waals surface area contributed by atoms with Crippen molar-refractivity contribution >= 4 is 5.97 Å². The van der Waals surface area contributed by atoms with Gasteiger partial charge in [0.05, 0.1) is 19.1 Å². The standard InChI is InChI=1S/C15H19F2NO3/c1-21-15(20)10-4-6-18(7-5-10)9-14(19)11-2-3-12(16)13(17)8-11/h2-3,8,10,14,19H,4-7,9H2,1H3. The molecule has 0 aromatic heterocycles. The molecule has 0 bridgehead atoms. The fourth-order valence-electron chi connectivity index (χ4n) is 2.59. The molecule has 1 aliphatic heterocycles. The molecule has 0 spiro atoms. The Kier molecular flexibility index (Phi) is 5.25. The highest BCUT2D eigenvalue weighted by Crippen LogP contribution is 2.22. The Balaban J connectivity index is 1.88. The fraction of sp³-hybridized carbons (Fsp3) is 0.533. The molecule has 1 N–H and O–H groups in total. The summed E-state index contributed by atoms with van der Waals surface area (Å²) in [6.45, 7) is 1.67. The van der Waals surface area contributed by atoms with E-state index in [1.807, 2.05) is 4.90 Å². The number of nitrogens with zero attached hydrogens (tertiary/aromatic N) is 1. The van der Waals surface area contributed by atoms with Crippen molar-refractivity contribution in [1.82, 2.24) is 4.90 Å². The second kappa shape index (κ2) is 6.95. The molecular formula is C15H19F2NO3. The smallest absolute Gasteiger partial charge is 0.308 e. The molecule has 116 valence electrons. The van der Waals surface area contributed by atoms with Crippen molar-refractivity contribution in [3.05, 3.63) is 35.4 Å². The van der Waals surface area contributed by atoms with Gasteiger partial charge in [0.25, 0.3) is 0 Å². The summed E-state index contributed by atoms with van der Waals surface area (Å²) in [6, 6.07) is 3.41. The quantitative estimate of drug-likeness (QED) is 0.863. The van der Waals surface area contributed by atoms with E-state index in [0.717, 1.165) is 12.1 Å². The molecule has 1 aromatic carbocycles. The lowest BCUT2D eigenvalue weighted by Crippen LogP contribution is -2.38. The van der Waals surface area contributed by atoms with Crippen LogP contribution in [0.2, 0.25) is 0 Å². The van der Waals surface area contributed by atoms with E-state index >= 15 is 0 Å². The van der Waals surface area contributed by atoms with E-state index in [2.05, 4.69) is 0 Å². The summed E-state index contributed by atoms with van der Waals surface area (Å²) in [7, 11) is 1.38. The largest absolute Gasteiger partial charge is 0.469 e. The highest BCUT2D eigenvalue weighted by Gasteiger charge is 2.26. The third-order valence-corrected chi connectivity index (χ3v) is 3.88. The number of rotatable bonds is 4. The fourth-order valence-corrected chi connectivity index (χ4v) is 2.59. The van der Waals surface area contributed by atoms with Crippen molar-refractivity contribution in [2.45, 2.75) is 18.9 Å². The van der Waals surface area contributed by atoms with E-state index in [4.69, 9.17) is 4.74 Å². The molecule has 1 fully saturated rings. The number of β-amino-alcohol motifs (C(OH)–C–C–N with tert-alkyl or cyclic N) is 1. The van der Waals surface area contributed by atoms with E-state index in [1.54, 1.807) is 0 Å². The third-order valence-electron chi connectivity index (χ3n) is 3.88. The van der Waals surface area contributed by atoms with Crippen molar-refractivity contribution in [2.75, 3.05) is 26.7 Å². The molecule has 0 amide bonds. The average Bonchev–Trinajstić information content (AvgIpc) is 2.50. The molecule has 21 heavy (non-hydrogen) atoms. The minimum absolute atomic E-state index is 0.0911. The van der Waals surface area contributed by atoms with Gasteiger partial charge in [-0.2, -0.15) is 0 Å². The molecule has 1 aromatic rings. The first-order chi connectivity index (χ1) is 10.0. The Labute approximate surface area is 122 Å². The van der Waals surface area contributed by atoms with E-state index < -0.39 is 17.7 Å². The SMILES string of the molecule is COC(=O)C1CCN(CC(O)c2ccc(F)c(F)c2)CC1. The summed E-state index contributed by atoms with van der Waals surface area (Å²) in [4.78, 5) is 13.4. The minimum atomic E-state index is -0.962.